The van der Waals surface area contributed by atoms with Gasteiger partial charge >= 0.3 is 5.97 Å². The van der Waals surface area contributed by atoms with E-state index in [1.807, 2.05) is 6.21 Å². The number of aliphatic imine (C=N–C) groups is 1. The summed E-state index contributed by atoms with van der Waals surface area (Å²) in [5.74, 6) is 0.516. The van der Waals surface area contributed by atoms with Crippen LogP contribution in [0.25, 0.3) is 0 Å². The lowest BCUT2D eigenvalue weighted by molar-refractivity contribution is -0.143. The van der Waals surface area contributed by atoms with Crippen LogP contribution < -0.4 is 4.90 Å². The summed E-state index contributed by atoms with van der Waals surface area (Å²) in [7, 11) is 0. The first-order valence-electron chi connectivity index (χ1n) is 9.52. The monoisotopic (exact) mass is 338 g/mol. The van der Waals surface area contributed by atoms with Crippen LogP contribution in [0.2, 0.25) is 0 Å². The van der Waals surface area contributed by atoms with Gasteiger partial charge in [-0.3, -0.25) is 9.79 Å². The molecule has 132 valence electrons. The molecule has 0 aromatic heterocycles. The third kappa shape index (κ3) is 4.30. The second-order valence-electron chi connectivity index (χ2n) is 7.39. The maximum Gasteiger partial charge on any atom is 0.310 e. The molecule has 3 aliphatic rings. The van der Waals surface area contributed by atoms with E-state index >= 15 is 0 Å². The minimum Gasteiger partial charge on any atom is -0.465 e. The molecule has 4 nitrogen and oxygen atoms in total. The Morgan fingerprint density at radius 2 is 2.20 bits per heavy atom. The number of benzene rings is 1. The number of fused-ring (bicyclic) bond motifs is 1. The lowest BCUT2D eigenvalue weighted by Gasteiger charge is -2.25. The third-order valence-electron chi connectivity index (χ3n) is 5.21. The summed E-state index contributed by atoms with van der Waals surface area (Å²) < 4.78 is 5.39. The van der Waals surface area contributed by atoms with Crippen molar-refractivity contribution in [1.82, 2.24) is 0 Å². The summed E-state index contributed by atoms with van der Waals surface area (Å²) in [5.41, 5.74) is 4.86. The molecule has 4 rings (SSSR count). The largest absolute Gasteiger partial charge is 0.465 e. The standard InChI is InChI=1S/C21H26N2O2/c24-21(25-15-16-6-7-16)13-17-8-9-18-4-1-2-11-23(20(18)12-17)14-19-5-3-10-22-19/h5,8-10,12,16H,1-4,6-7,11,13-15H2. The van der Waals surface area contributed by atoms with Crippen molar-refractivity contribution in [2.24, 2.45) is 10.9 Å². The Kier molecular flexibility index (Phi) is 4.86. The van der Waals surface area contributed by atoms with E-state index in [0.717, 1.165) is 37.2 Å². The van der Waals surface area contributed by atoms with Gasteiger partial charge in [-0.15, -0.1) is 0 Å². The Bertz CT molecular complexity index is 704. The fraction of sp³-hybridized carbons (Fsp3) is 0.524. The van der Waals surface area contributed by atoms with Crippen molar-refractivity contribution in [3.8, 4) is 0 Å². The summed E-state index contributed by atoms with van der Waals surface area (Å²) in [6.07, 6.45) is 11.4. The second-order valence-corrected chi connectivity index (χ2v) is 7.39. The number of allylic oxidation sites excluding steroid dienone is 1. The smallest absolute Gasteiger partial charge is 0.310 e. The predicted octanol–water partition coefficient (Wildman–Crippen LogP) is 3.68. The van der Waals surface area contributed by atoms with Crippen molar-refractivity contribution in [3.05, 3.63) is 41.1 Å². The number of carbonyl (C=O) groups is 1. The van der Waals surface area contributed by atoms with E-state index in [0.29, 0.717) is 18.9 Å². The van der Waals surface area contributed by atoms with Crippen LogP contribution >= 0.6 is 0 Å². The average Bonchev–Trinajstić information content (AvgIpc) is 3.35. The second kappa shape index (κ2) is 7.42. The molecule has 0 unspecified atom stereocenters. The predicted molar refractivity (Wildman–Crippen MR) is 100 cm³/mol. The van der Waals surface area contributed by atoms with E-state index in [1.54, 1.807) is 0 Å². The highest BCUT2D eigenvalue weighted by Gasteiger charge is 2.23. The molecule has 2 heterocycles. The molecule has 1 fully saturated rings. The average molecular weight is 338 g/mol. The molecule has 1 aromatic rings. The molecular weight excluding hydrogens is 312 g/mol. The molecule has 0 N–H and O–H groups in total. The summed E-state index contributed by atoms with van der Waals surface area (Å²) in [6, 6.07) is 6.48. The molecule has 25 heavy (non-hydrogen) atoms. The molecule has 2 aliphatic heterocycles. The number of hydrogen-bond acceptors (Lipinski definition) is 4. The highest BCUT2D eigenvalue weighted by atomic mass is 16.5. The molecule has 0 radical (unpaired) electrons. The maximum atomic E-state index is 12.1. The minimum absolute atomic E-state index is 0.102. The lowest BCUT2D eigenvalue weighted by atomic mass is 10.0. The van der Waals surface area contributed by atoms with Crippen molar-refractivity contribution in [2.75, 3.05) is 24.6 Å². The highest BCUT2D eigenvalue weighted by molar-refractivity contribution is 5.73. The molecule has 1 aromatic carbocycles. The van der Waals surface area contributed by atoms with Gasteiger partial charge in [0.25, 0.3) is 0 Å². The highest BCUT2D eigenvalue weighted by Crippen LogP contribution is 2.30. The van der Waals surface area contributed by atoms with Gasteiger partial charge in [0.15, 0.2) is 0 Å². The van der Waals surface area contributed by atoms with E-state index in [2.05, 4.69) is 34.2 Å². The van der Waals surface area contributed by atoms with Crippen LogP contribution in [-0.2, 0) is 22.4 Å². The van der Waals surface area contributed by atoms with Crippen LogP contribution in [0.3, 0.4) is 0 Å². The topological polar surface area (TPSA) is 41.9 Å². The van der Waals surface area contributed by atoms with Gasteiger partial charge in [0.05, 0.1) is 25.3 Å². The molecule has 0 atom stereocenters. The van der Waals surface area contributed by atoms with Gasteiger partial charge in [0.2, 0.25) is 0 Å². The van der Waals surface area contributed by atoms with E-state index in [4.69, 9.17) is 4.74 Å². The third-order valence-corrected chi connectivity index (χ3v) is 5.21. The van der Waals surface area contributed by atoms with E-state index in [9.17, 15) is 4.79 Å². The number of carbonyl (C=O) groups excluding carboxylic acids is 1. The summed E-state index contributed by atoms with van der Waals surface area (Å²) in [5, 5.41) is 0. The van der Waals surface area contributed by atoms with Gasteiger partial charge in [0.1, 0.15) is 0 Å². The Morgan fingerprint density at radius 1 is 1.28 bits per heavy atom. The summed E-state index contributed by atoms with van der Waals surface area (Å²) >= 11 is 0. The number of anilines is 1. The molecular formula is C21H26N2O2. The van der Waals surface area contributed by atoms with Gasteiger partial charge in [-0.1, -0.05) is 18.2 Å². The molecule has 4 heteroatoms. The number of hydrogen-bond donors (Lipinski definition) is 0. The Labute approximate surface area is 149 Å². The number of esters is 1. The van der Waals surface area contributed by atoms with Crippen LogP contribution in [0.4, 0.5) is 5.69 Å². The fourth-order valence-corrected chi connectivity index (χ4v) is 3.55. The molecule has 0 amide bonds. The Hall–Kier alpha value is -2.10. The van der Waals surface area contributed by atoms with Gasteiger partial charge < -0.3 is 9.64 Å². The number of ether oxygens (including phenoxy) is 1. The van der Waals surface area contributed by atoms with Crippen molar-refractivity contribution in [2.45, 2.75) is 44.9 Å². The van der Waals surface area contributed by atoms with Gasteiger partial charge in [-0.2, -0.15) is 0 Å². The number of aryl methyl sites for hydroxylation is 1. The van der Waals surface area contributed by atoms with Crippen molar-refractivity contribution in [3.63, 3.8) is 0 Å². The summed E-state index contributed by atoms with van der Waals surface area (Å²) in [6.45, 7) is 2.51. The van der Waals surface area contributed by atoms with Crippen molar-refractivity contribution >= 4 is 17.9 Å². The molecule has 1 saturated carbocycles. The normalized spacial score (nSPS) is 19.4. The van der Waals surface area contributed by atoms with Gasteiger partial charge in [0, 0.05) is 24.9 Å². The molecule has 1 aliphatic carbocycles. The molecule has 0 saturated heterocycles. The summed E-state index contributed by atoms with van der Waals surface area (Å²) in [4.78, 5) is 19.0. The maximum absolute atomic E-state index is 12.1. The van der Waals surface area contributed by atoms with Gasteiger partial charge in [-0.05, 0) is 55.2 Å². The lowest BCUT2D eigenvalue weighted by Crippen LogP contribution is -2.26. The van der Waals surface area contributed by atoms with E-state index in [1.165, 1.54) is 36.9 Å². The number of rotatable bonds is 6. The Balaban J connectivity index is 1.47. The first-order chi connectivity index (χ1) is 12.3. The van der Waals surface area contributed by atoms with E-state index < -0.39 is 0 Å². The van der Waals surface area contributed by atoms with Crippen LogP contribution in [0.1, 0.15) is 43.2 Å². The zero-order chi connectivity index (χ0) is 17.1. The first-order valence-corrected chi connectivity index (χ1v) is 9.52. The van der Waals surface area contributed by atoms with Crippen LogP contribution in [0, 0.1) is 5.92 Å². The van der Waals surface area contributed by atoms with Gasteiger partial charge in [-0.25, -0.2) is 0 Å². The zero-order valence-corrected chi connectivity index (χ0v) is 14.7. The molecule has 0 spiro atoms. The SMILES string of the molecule is O=C(Cc1ccc2c(c1)N(CC1=CCC=N1)CCCC2)OCC1CC1. The van der Waals surface area contributed by atoms with Crippen LogP contribution in [0.5, 0.6) is 0 Å². The number of nitrogens with zero attached hydrogens (tertiary/aromatic N) is 2. The minimum atomic E-state index is -0.102. The van der Waals surface area contributed by atoms with E-state index in [-0.39, 0.29) is 5.97 Å². The quantitative estimate of drug-likeness (QED) is 0.743. The fourth-order valence-electron chi connectivity index (χ4n) is 3.55. The van der Waals surface area contributed by atoms with Crippen molar-refractivity contribution < 1.29 is 9.53 Å². The van der Waals surface area contributed by atoms with Crippen molar-refractivity contribution in [1.29, 1.82) is 0 Å². The first kappa shape index (κ1) is 16.4. The zero-order valence-electron chi connectivity index (χ0n) is 14.7. The Morgan fingerprint density at radius 3 is 3.00 bits per heavy atom. The van der Waals surface area contributed by atoms with Crippen LogP contribution in [0.15, 0.2) is 35.0 Å². The van der Waals surface area contributed by atoms with Crippen LogP contribution in [-0.4, -0.2) is 31.9 Å². The molecule has 0 bridgehead atoms.